The average Bonchev–Trinajstić information content (AvgIpc) is 2.28. The van der Waals surface area contributed by atoms with E-state index in [1.165, 1.54) is 0 Å². The fraction of sp³-hybridized carbons (Fsp3) is 0.182. The van der Waals surface area contributed by atoms with Crippen molar-refractivity contribution in [2.24, 2.45) is 0 Å². The number of aromatic nitrogens is 2. The maximum atomic E-state index is 11.6. The number of aromatic amines is 1. The van der Waals surface area contributed by atoms with Crippen LogP contribution in [-0.4, -0.2) is 27.7 Å². The molecule has 0 radical (unpaired) electrons. The lowest BCUT2D eigenvalue weighted by atomic mass is 10.2. The van der Waals surface area contributed by atoms with Gasteiger partial charge in [-0.25, -0.2) is 0 Å². The largest absolute Gasteiger partial charge is 0.481 e. The molecular weight excluding hydrogens is 224 g/mol. The zero-order valence-corrected chi connectivity index (χ0v) is 8.84. The molecular formula is C11H10N2O4. The van der Waals surface area contributed by atoms with Gasteiger partial charge in [-0.3, -0.25) is 14.6 Å². The Morgan fingerprint density at radius 2 is 2.18 bits per heavy atom. The second kappa shape index (κ2) is 4.65. The van der Waals surface area contributed by atoms with E-state index in [1.807, 2.05) is 0 Å². The number of carboxylic acids is 1. The van der Waals surface area contributed by atoms with Crippen LogP contribution >= 0.6 is 0 Å². The summed E-state index contributed by atoms with van der Waals surface area (Å²) in [5.74, 6) is -0.965. The van der Waals surface area contributed by atoms with E-state index in [0.29, 0.717) is 10.9 Å². The number of ether oxygens (including phenoxy) is 1. The third-order valence-electron chi connectivity index (χ3n) is 2.15. The van der Waals surface area contributed by atoms with E-state index in [4.69, 9.17) is 9.84 Å². The normalized spacial score (nSPS) is 10.4. The van der Waals surface area contributed by atoms with Crippen molar-refractivity contribution in [3.8, 4) is 6.01 Å². The Morgan fingerprint density at radius 1 is 1.41 bits per heavy atom. The number of benzene rings is 1. The number of fused-ring (bicyclic) bond motifs is 1. The summed E-state index contributed by atoms with van der Waals surface area (Å²) in [6.45, 7) is -0.0311. The molecule has 0 saturated carbocycles. The third kappa shape index (κ3) is 2.60. The zero-order valence-electron chi connectivity index (χ0n) is 8.84. The van der Waals surface area contributed by atoms with Crippen molar-refractivity contribution in [3.63, 3.8) is 0 Å². The zero-order chi connectivity index (χ0) is 12.3. The van der Waals surface area contributed by atoms with Crippen LogP contribution in [0.1, 0.15) is 6.42 Å². The molecule has 2 rings (SSSR count). The standard InChI is InChI=1S/C11H10N2O4/c14-9(15)5-6-17-11-12-8-4-2-1-3-7(8)10(16)13-11/h1-4H,5-6H2,(H,14,15)(H,12,13,16). The molecule has 0 unspecified atom stereocenters. The highest BCUT2D eigenvalue weighted by Gasteiger charge is 2.04. The number of rotatable bonds is 4. The predicted octanol–water partition coefficient (Wildman–Crippen LogP) is 0.777. The molecule has 0 bridgehead atoms. The summed E-state index contributed by atoms with van der Waals surface area (Å²) in [7, 11) is 0. The molecule has 0 atom stereocenters. The van der Waals surface area contributed by atoms with Crippen molar-refractivity contribution < 1.29 is 14.6 Å². The molecule has 0 fully saturated rings. The van der Waals surface area contributed by atoms with Crippen LogP contribution in [0.15, 0.2) is 29.1 Å². The second-order valence-corrected chi connectivity index (χ2v) is 3.38. The summed E-state index contributed by atoms with van der Waals surface area (Å²) in [6.07, 6.45) is -0.142. The molecule has 1 aromatic heterocycles. The van der Waals surface area contributed by atoms with Crippen molar-refractivity contribution in [1.29, 1.82) is 0 Å². The van der Waals surface area contributed by atoms with Crippen LogP contribution in [0.2, 0.25) is 0 Å². The molecule has 1 aromatic carbocycles. The van der Waals surface area contributed by atoms with Crippen molar-refractivity contribution in [1.82, 2.24) is 9.97 Å². The quantitative estimate of drug-likeness (QED) is 0.815. The molecule has 6 heteroatoms. The Hall–Kier alpha value is -2.37. The van der Waals surface area contributed by atoms with Crippen LogP contribution < -0.4 is 10.3 Å². The van der Waals surface area contributed by atoms with Gasteiger partial charge in [0.15, 0.2) is 0 Å². The average molecular weight is 234 g/mol. The predicted molar refractivity (Wildman–Crippen MR) is 60.1 cm³/mol. The van der Waals surface area contributed by atoms with Gasteiger partial charge in [0.1, 0.15) is 6.61 Å². The fourth-order valence-corrected chi connectivity index (χ4v) is 1.37. The lowest BCUT2D eigenvalue weighted by Crippen LogP contribution is -2.13. The number of H-pyrrole nitrogens is 1. The number of para-hydroxylation sites is 1. The summed E-state index contributed by atoms with van der Waals surface area (Å²) in [5, 5.41) is 8.92. The Bertz CT molecular complexity index is 606. The van der Waals surface area contributed by atoms with Crippen LogP contribution in [0.3, 0.4) is 0 Å². The summed E-state index contributed by atoms with van der Waals surface area (Å²) >= 11 is 0. The maximum Gasteiger partial charge on any atom is 0.306 e. The third-order valence-corrected chi connectivity index (χ3v) is 2.15. The molecule has 0 spiro atoms. The molecule has 2 N–H and O–H groups in total. The number of nitrogens with zero attached hydrogens (tertiary/aromatic N) is 1. The second-order valence-electron chi connectivity index (χ2n) is 3.38. The van der Waals surface area contributed by atoms with Gasteiger partial charge in [0.05, 0.1) is 17.3 Å². The molecule has 88 valence electrons. The van der Waals surface area contributed by atoms with Gasteiger partial charge in [0.2, 0.25) is 0 Å². The van der Waals surface area contributed by atoms with Crippen molar-refractivity contribution in [3.05, 3.63) is 34.6 Å². The van der Waals surface area contributed by atoms with Gasteiger partial charge in [-0.15, -0.1) is 0 Å². The number of hydrogen-bond donors (Lipinski definition) is 2. The summed E-state index contributed by atoms with van der Waals surface area (Å²) in [6, 6.07) is 6.88. The molecule has 1 heterocycles. The van der Waals surface area contributed by atoms with E-state index in [0.717, 1.165) is 0 Å². The van der Waals surface area contributed by atoms with Gasteiger partial charge < -0.3 is 9.84 Å². The topological polar surface area (TPSA) is 92.3 Å². The molecule has 0 amide bonds. The molecule has 6 nitrogen and oxygen atoms in total. The van der Waals surface area contributed by atoms with Crippen LogP contribution in [0.4, 0.5) is 0 Å². The SMILES string of the molecule is O=C(O)CCOc1nc2ccccc2c(=O)[nH]1. The first-order valence-electron chi connectivity index (χ1n) is 5.00. The van der Waals surface area contributed by atoms with Crippen LogP contribution in [-0.2, 0) is 4.79 Å². The number of carboxylic acid groups (broad SMARTS) is 1. The highest BCUT2D eigenvalue weighted by Crippen LogP contribution is 2.09. The minimum Gasteiger partial charge on any atom is -0.481 e. The first kappa shape index (κ1) is 11.1. The number of nitrogens with one attached hydrogen (secondary N) is 1. The van der Waals surface area contributed by atoms with E-state index in [1.54, 1.807) is 24.3 Å². The van der Waals surface area contributed by atoms with Gasteiger partial charge in [-0.05, 0) is 12.1 Å². The molecule has 0 aliphatic rings. The van der Waals surface area contributed by atoms with Crippen molar-refractivity contribution in [2.45, 2.75) is 6.42 Å². The summed E-state index contributed by atoms with van der Waals surface area (Å²) in [5.41, 5.74) is 0.211. The smallest absolute Gasteiger partial charge is 0.306 e. The van der Waals surface area contributed by atoms with Gasteiger partial charge in [0.25, 0.3) is 11.6 Å². The molecule has 17 heavy (non-hydrogen) atoms. The summed E-state index contributed by atoms with van der Waals surface area (Å²) < 4.78 is 5.06. The number of aliphatic carboxylic acids is 1. The van der Waals surface area contributed by atoms with Gasteiger partial charge in [-0.2, -0.15) is 4.98 Å². The minimum atomic E-state index is -0.965. The van der Waals surface area contributed by atoms with E-state index < -0.39 is 5.97 Å². The fourth-order valence-electron chi connectivity index (χ4n) is 1.37. The van der Waals surface area contributed by atoms with Gasteiger partial charge in [-0.1, -0.05) is 12.1 Å². The van der Waals surface area contributed by atoms with Crippen molar-refractivity contribution in [2.75, 3.05) is 6.61 Å². The van der Waals surface area contributed by atoms with E-state index in [2.05, 4.69) is 9.97 Å². The summed E-state index contributed by atoms with van der Waals surface area (Å²) in [4.78, 5) is 28.4. The number of carbonyl (C=O) groups is 1. The Balaban J connectivity index is 2.25. The lowest BCUT2D eigenvalue weighted by molar-refractivity contribution is -0.137. The lowest BCUT2D eigenvalue weighted by Gasteiger charge is -2.03. The highest BCUT2D eigenvalue weighted by atomic mass is 16.5. The van der Waals surface area contributed by atoms with Gasteiger partial charge in [0, 0.05) is 0 Å². The first-order chi connectivity index (χ1) is 8.16. The minimum absolute atomic E-state index is 0.0311. The van der Waals surface area contributed by atoms with E-state index in [9.17, 15) is 9.59 Å². The monoisotopic (exact) mass is 234 g/mol. The van der Waals surface area contributed by atoms with E-state index in [-0.39, 0.29) is 24.6 Å². The first-order valence-corrected chi connectivity index (χ1v) is 5.00. The Morgan fingerprint density at radius 3 is 2.94 bits per heavy atom. The van der Waals surface area contributed by atoms with Crippen LogP contribution in [0, 0.1) is 0 Å². The molecule has 0 saturated heterocycles. The molecule has 2 aromatic rings. The highest BCUT2D eigenvalue weighted by molar-refractivity contribution is 5.77. The Kier molecular flexibility index (Phi) is 3.04. The molecule has 0 aliphatic carbocycles. The maximum absolute atomic E-state index is 11.6. The Labute approximate surface area is 95.9 Å². The van der Waals surface area contributed by atoms with Gasteiger partial charge >= 0.3 is 5.97 Å². The van der Waals surface area contributed by atoms with Crippen LogP contribution in [0.25, 0.3) is 10.9 Å². The van der Waals surface area contributed by atoms with Crippen molar-refractivity contribution >= 4 is 16.9 Å². The molecule has 0 aliphatic heterocycles. The van der Waals surface area contributed by atoms with Crippen LogP contribution in [0.5, 0.6) is 6.01 Å². The number of hydrogen-bond acceptors (Lipinski definition) is 4. The van der Waals surface area contributed by atoms with E-state index >= 15 is 0 Å².